The van der Waals surface area contributed by atoms with Crippen molar-refractivity contribution < 1.29 is 19.1 Å². The molecule has 0 unspecified atom stereocenters. The summed E-state index contributed by atoms with van der Waals surface area (Å²) in [5, 5.41) is 20.8. The molecule has 0 aliphatic carbocycles. The predicted molar refractivity (Wildman–Crippen MR) is 129 cm³/mol. The Morgan fingerprint density at radius 2 is 1.85 bits per heavy atom. The molecule has 1 aliphatic rings. The Hall–Kier alpha value is -3.98. The molecule has 0 fully saturated rings. The third-order valence-corrected chi connectivity index (χ3v) is 5.30. The fourth-order valence-corrected chi connectivity index (χ4v) is 3.44. The minimum absolute atomic E-state index is 0.0503. The molecule has 9 nitrogen and oxygen atoms in total. The van der Waals surface area contributed by atoms with Crippen molar-refractivity contribution in [2.45, 2.75) is 13.3 Å². The van der Waals surface area contributed by atoms with Crippen molar-refractivity contribution in [1.82, 2.24) is 20.4 Å². The Balaban J connectivity index is 1.59. The maximum absolute atomic E-state index is 12.2. The second-order valence-corrected chi connectivity index (χ2v) is 8.00. The minimum Gasteiger partial charge on any atom is -0.493 e. The van der Waals surface area contributed by atoms with Gasteiger partial charge in [-0.25, -0.2) is 4.99 Å². The van der Waals surface area contributed by atoms with Crippen LogP contribution in [0.4, 0.5) is 0 Å². The van der Waals surface area contributed by atoms with E-state index in [0.717, 1.165) is 17.0 Å². The van der Waals surface area contributed by atoms with E-state index in [1.807, 2.05) is 43.3 Å². The van der Waals surface area contributed by atoms with E-state index in [1.165, 1.54) is 0 Å². The summed E-state index contributed by atoms with van der Waals surface area (Å²) >= 11 is 0. The molecular weight excluding hydrogens is 434 g/mol. The number of nitrogens with one attached hydrogen (secondary N) is 1. The first-order valence-corrected chi connectivity index (χ1v) is 11.0. The number of carbonyl (C=O) groups excluding carboxylic acids is 1. The van der Waals surface area contributed by atoms with Gasteiger partial charge in [-0.2, -0.15) is 0 Å². The quantitative estimate of drug-likeness (QED) is 0.496. The van der Waals surface area contributed by atoms with Crippen LogP contribution in [0.25, 0.3) is 17.2 Å². The first-order chi connectivity index (χ1) is 16.5. The van der Waals surface area contributed by atoms with Crippen LogP contribution in [0.15, 0.2) is 63.6 Å². The van der Waals surface area contributed by atoms with E-state index in [0.29, 0.717) is 53.9 Å². The van der Waals surface area contributed by atoms with Crippen LogP contribution < -0.4 is 10.1 Å². The maximum Gasteiger partial charge on any atom is 0.268 e. The van der Waals surface area contributed by atoms with Gasteiger partial charge in [0.15, 0.2) is 0 Å². The van der Waals surface area contributed by atoms with Crippen LogP contribution in [0, 0.1) is 0 Å². The van der Waals surface area contributed by atoms with Gasteiger partial charge in [-0.05, 0) is 36.8 Å². The third-order valence-electron chi connectivity index (χ3n) is 5.30. The number of aliphatic imine (C=N–C) groups is 1. The van der Waals surface area contributed by atoms with E-state index in [9.17, 15) is 4.79 Å². The fourth-order valence-electron chi connectivity index (χ4n) is 3.44. The lowest BCUT2D eigenvalue weighted by atomic mass is 10.1. The highest BCUT2D eigenvalue weighted by Gasteiger charge is 2.21. The summed E-state index contributed by atoms with van der Waals surface area (Å²) in [4.78, 5) is 18.5. The molecule has 2 heterocycles. The molecule has 1 amide bonds. The number of benzene rings is 2. The Morgan fingerprint density at radius 1 is 1.12 bits per heavy atom. The van der Waals surface area contributed by atoms with Gasteiger partial charge in [0.25, 0.3) is 17.7 Å². The Morgan fingerprint density at radius 3 is 2.59 bits per heavy atom. The van der Waals surface area contributed by atoms with Gasteiger partial charge in [-0.15, -0.1) is 10.2 Å². The van der Waals surface area contributed by atoms with Crippen LogP contribution in [0.2, 0.25) is 0 Å². The fraction of sp³-hybridized carbons (Fsp3) is 0.280. The van der Waals surface area contributed by atoms with Crippen molar-refractivity contribution in [3.8, 4) is 17.2 Å². The molecule has 4 rings (SSSR count). The Labute approximate surface area is 197 Å². The highest BCUT2D eigenvalue weighted by atomic mass is 16.5. The number of aliphatic hydroxyl groups excluding tert-OH is 1. The molecule has 0 radical (unpaired) electrons. The summed E-state index contributed by atoms with van der Waals surface area (Å²) in [5.41, 5.74) is 4.38. The van der Waals surface area contributed by atoms with Crippen molar-refractivity contribution >= 4 is 17.3 Å². The monoisotopic (exact) mass is 461 g/mol. The van der Waals surface area contributed by atoms with Crippen molar-refractivity contribution in [3.05, 3.63) is 71.2 Å². The van der Waals surface area contributed by atoms with E-state index in [-0.39, 0.29) is 12.5 Å². The van der Waals surface area contributed by atoms with Crippen LogP contribution in [-0.4, -0.2) is 65.7 Å². The molecule has 2 N–H and O–H groups in total. The predicted octanol–water partition coefficient (Wildman–Crippen LogP) is 2.98. The number of amides is 1. The third kappa shape index (κ3) is 4.99. The summed E-state index contributed by atoms with van der Waals surface area (Å²) in [6.07, 6.45) is 0.531. The number of aliphatic hydroxyl groups is 1. The average Bonchev–Trinajstić information content (AvgIpc) is 3.34. The number of allylic oxidation sites excluding steroid dienone is 1. The van der Waals surface area contributed by atoms with Gasteiger partial charge in [0, 0.05) is 38.4 Å². The van der Waals surface area contributed by atoms with Gasteiger partial charge in [-0.1, -0.05) is 24.3 Å². The topological polar surface area (TPSA) is 113 Å². The molecule has 176 valence electrons. The van der Waals surface area contributed by atoms with Gasteiger partial charge in [-0.3, -0.25) is 4.79 Å². The van der Waals surface area contributed by atoms with Crippen LogP contribution in [0.3, 0.4) is 0 Å². The molecular formula is C25H27N5O4. The second-order valence-electron chi connectivity index (χ2n) is 8.00. The highest BCUT2D eigenvalue weighted by Crippen LogP contribution is 2.31. The summed E-state index contributed by atoms with van der Waals surface area (Å²) in [6, 6.07) is 14.8. The Kier molecular flexibility index (Phi) is 7.03. The van der Waals surface area contributed by atoms with Crippen LogP contribution >= 0.6 is 0 Å². The normalized spacial score (nSPS) is 13.4. The zero-order chi connectivity index (χ0) is 24.1. The summed E-state index contributed by atoms with van der Waals surface area (Å²) in [7, 11) is 3.45. The van der Waals surface area contributed by atoms with E-state index in [2.05, 4.69) is 15.5 Å². The van der Waals surface area contributed by atoms with Crippen molar-refractivity contribution in [1.29, 1.82) is 0 Å². The standard InChI is InChI=1S/C25H27N5O4/c1-16-22(27-20(15-26-16)17-9-11-18(12-10-17)25(32)30(2)3)24-29-28-23(34-24)19-7-4-5-8-21(19)33-14-6-13-31/h4-5,7-12,26,31H,6,13-15H2,1-3H3. The lowest BCUT2D eigenvalue weighted by molar-refractivity contribution is 0.0827. The first kappa shape index (κ1) is 23.2. The molecule has 0 spiro atoms. The van der Waals surface area contributed by atoms with E-state index >= 15 is 0 Å². The molecule has 34 heavy (non-hydrogen) atoms. The van der Waals surface area contributed by atoms with Gasteiger partial charge >= 0.3 is 0 Å². The van der Waals surface area contributed by atoms with Crippen LogP contribution in [-0.2, 0) is 0 Å². The zero-order valence-electron chi connectivity index (χ0n) is 19.4. The number of aromatic nitrogens is 2. The minimum atomic E-state index is -0.0503. The summed E-state index contributed by atoms with van der Waals surface area (Å²) in [5.74, 6) is 1.17. The number of carbonyl (C=O) groups is 1. The summed E-state index contributed by atoms with van der Waals surface area (Å²) in [6.45, 7) is 2.89. The summed E-state index contributed by atoms with van der Waals surface area (Å²) < 4.78 is 11.7. The number of hydrogen-bond donors (Lipinski definition) is 2. The second kappa shape index (κ2) is 10.3. The molecule has 0 saturated heterocycles. The molecule has 1 aromatic heterocycles. The largest absolute Gasteiger partial charge is 0.493 e. The zero-order valence-corrected chi connectivity index (χ0v) is 19.4. The first-order valence-electron chi connectivity index (χ1n) is 11.0. The molecule has 3 aromatic rings. The lowest BCUT2D eigenvalue weighted by Crippen LogP contribution is -2.27. The number of rotatable bonds is 8. The maximum atomic E-state index is 12.2. The molecule has 2 aromatic carbocycles. The van der Waals surface area contributed by atoms with Crippen molar-refractivity contribution in [2.24, 2.45) is 4.99 Å². The molecule has 1 aliphatic heterocycles. The van der Waals surface area contributed by atoms with Gasteiger partial charge in [0.1, 0.15) is 11.4 Å². The smallest absolute Gasteiger partial charge is 0.268 e. The number of hydrogen-bond acceptors (Lipinski definition) is 8. The average molecular weight is 462 g/mol. The Bertz CT molecular complexity index is 1230. The molecule has 0 saturated carbocycles. The lowest BCUT2D eigenvalue weighted by Gasteiger charge is -2.18. The SMILES string of the molecule is CC1=C(c2nnc(-c3ccccc3OCCCO)o2)N=C(c2ccc(C(=O)N(C)C)cc2)CN1. The number of ether oxygens (including phenoxy) is 1. The van der Waals surface area contributed by atoms with E-state index in [4.69, 9.17) is 19.3 Å². The van der Waals surface area contributed by atoms with Gasteiger partial charge in [0.2, 0.25) is 0 Å². The van der Waals surface area contributed by atoms with Crippen molar-refractivity contribution in [3.63, 3.8) is 0 Å². The van der Waals surface area contributed by atoms with Crippen LogP contribution in [0.1, 0.15) is 35.2 Å². The van der Waals surface area contributed by atoms with Gasteiger partial charge in [0.05, 0.1) is 24.4 Å². The van der Waals surface area contributed by atoms with Crippen LogP contribution in [0.5, 0.6) is 5.75 Å². The number of nitrogens with zero attached hydrogens (tertiary/aromatic N) is 4. The van der Waals surface area contributed by atoms with Gasteiger partial charge < -0.3 is 24.5 Å². The number of para-hydroxylation sites is 1. The van der Waals surface area contributed by atoms with E-state index in [1.54, 1.807) is 31.1 Å². The van der Waals surface area contributed by atoms with Crippen molar-refractivity contribution in [2.75, 3.05) is 33.9 Å². The van der Waals surface area contributed by atoms with E-state index < -0.39 is 0 Å². The molecule has 0 bridgehead atoms. The molecule has 9 heteroatoms. The molecule has 0 atom stereocenters. The highest BCUT2D eigenvalue weighted by molar-refractivity contribution is 6.06.